The average molecular weight is 712 g/mol. The van der Waals surface area contributed by atoms with Crippen LogP contribution in [-0.2, 0) is 41.5 Å². The van der Waals surface area contributed by atoms with Gasteiger partial charge in [-0.1, -0.05) is 89.5 Å². The van der Waals surface area contributed by atoms with Gasteiger partial charge in [0, 0.05) is 0 Å². The van der Waals surface area contributed by atoms with Gasteiger partial charge in [-0.15, -0.1) is 27.8 Å². The Labute approximate surface area is 299 Å². The van der Waals surface area contributed by atoms with Gasteiger partial charge >= 0.3 is 99.2 Å². The van der Waals surface area contributed by atoms with Crippen molar-refractivity contribution in [2.45, 2.75) is 86.0 Å². The summed E-state index contributed by atoms with van der Waals surface area (Å²) in [5.74, 6) is 0. The Balaban J connectivity index is 0.000000292. The first-order chi connectivity index (χ1) is 20.3. The Morgan fingerprint density at radius 1 is 0.689 bits per heavy atom. The monoisotopic (exact) mass is 709 g/mol. The first kappa shape index (κ1) is 37.2. The van der Waals surface area contributed by atoms with Gasteiger partial charge in [-0.2, -0.15) is 6.07 Å². The van der Waals surface area contributed by atoms with Gasteiger partial charge in [0.2, 0.25) is 0 Å². The standard InChI is InChI=1S/C29H35.C13H10.2ClH.Zr/c1-17-18(2)26-21(15-23(17)28(4,5)6)14-22-16-24(29(7,8)9)25(19(3)27(22)26)20-12-10-11-13-20;1-3-7-12(8-4-1)11-13-9-5-2-6-10-13;;;/h10-12,15H,13-14H2,1-9H3;1-10H;2*1H;/q-1;;;;+2/p-2. The van der Waals surface area contributed by atoms with Crippen LogP contribution in [0.5, 0.6) is 0 Å². The van der Waals surface area contributed by atoms with Crippen molar-refractivity contribution in [2.24, 2.45) is 0 Å². The Morgan fingerprint density at radius 2 is 1.24 bits per heavy atom. The van der Waals surface area contributed by atoms with Crippen LogP contribution in [-0.4, -0.2) is 3.21 Å². The molecule has 232 valence electrons. The molecule has 4 aromatic carbocycles. The summed E-state index contributed by atoms with van der Waals surface area (Å²) in [5.41, 5.74) is 18.8. The Kier molecular flexibility index (Phi) is 12.1. The van der Waals surface area contributed by atoms with E-state index in [1.165, 1.54) is 99.8 Å². The van der Waals surface area contributed by atoms with Crippen LogP contribution in [0, 0.1) is 26.8 Å². The fourth-order valence-electron chi connectivity index (χ4n) is 6.70. The zero-order valence-corrected chi connectivity index (χ0v) is 32.2. The summed E-state index contributed by atoms with van der Waals surface area (Å²) in [7, 11) is 0. The predicted octanol–water partition coefficient (Wildman–Crippen LogP) is 4.73. The molecule has 0 saturated heterocycles. The quantitative estimate of drug-likeness (QED) is 0.238. The minimum atomic E-state index is 0. The van der Waals surface area contributed by atoms with Crippen LogP contribution < -0.4 is 24.8 Å². The Bertz CT molecular complexity index is 1700. The third-order valence-electron chi connectivity index (χ3n) is 8.95. The first-order valence-corrected chi connectivity index (χ1v) is 16.8. The maximum atomic E-state index is 3.93. The molecular formula is C42H45Cl2Zr-. The van der Waals surface area contributed by atoms with Crippen LogP contribution >= 0.6 is 0 Å². The molecule has 6 rings (SSSR count). The van der Waals surface area contributed by atoms with Gasteiger partial charge in [0.05, 0.1) is 0 Å². The van der Waals surface area contributed by atoms with Crippen molar-refractivity contribution >= 4 is 8.78 Å². The van der Waals surface area contributed by atoms with Gasteiger partial charge in [-0.05, 0) is 54.2 Å². The van der Waals surface area contributed by atoms with Crippen molar-refractivity contribution in [3.63, 3.8) is 0 Å². The molecule has 0 bridgehead atoms. The van der Waals surface area contributed by atoms with E-state index in [-0.39, 0.29) is 35.6 Å². The molecule has 45 heavy (non-hydrogen) atoms. The molecule has 0 radical (unpaired) electrons. The van der Waals surface area contributed by atoms with E-state index in [2.05, 4.69) is 153 Å². The van der Waals surface area contributed by atoms with Crippen LogP contribution in [0.15, 0.2) is 85.0 Å². The average Bonchev–Trinajstić information content (AvgIpc) is 3.63. The summed E-state index contributed by atoms with van der Waals surface area (Å²) < 4.78 is 1.42. The van der Waals surface area contributed by atoms with E-state index in [1.807, 2.05) is 0 Å². The summed E-state index contributed by atoms with van der Waals surface area (Å²) in [6.45, 7) is 20.9. The van der Waals surface area contributed by atoms with Crippen molar-refractivity contribution in [1.29, 1.82) is 0 Å². The first-order valence-electron chi connectivity index (χ1n) is 15.6. The molecule has 0 saturated carbocycles. The molecule has 0 nitrogen and oxygen atoms in total. The molecule has 0 spiro atoms. The summed E-state index contributed by atoms with van der Waals surface area (Å²) in [5, 5.41) is 0. The third-order valence-corrected chi connectivity index (χ3v) is 10.4. The van der Waals surface area contributed by atoms with Crippen molar-refractivity contribution in [2.75, 3.05) is 0 Å². The fourth-order valence-corrected chi connectivity index (χ4v) is 7.52. The van der Waals surface area contributed by atoms with Gasteiger partial charge in [0.1, 0.15) is 0 Å². The van der Waals surface area contributed by atoms with Crippen molar-refractivity contribution in [1.82, 2.24) is 0 Å². The number of halogens is 2. The van der Waals surface area contributed by atoms with E-state index in [0.29, 0.717) is 0 Å². The van der Waals surface area contributed by atoms with Gasteiger partial charge < -0.3 is 24.8 Å². The molecule has 3 heteroatoms. The molecule has 0 aromatic heterocycles. The Morgan fingerprint density at radius 3 is 1.71 bits per heavy atom. The van der Waals surface area contributed by atoms with Gasteiger partial charge in [-0.3, -0.25) is 0 Å². The van der Waals surface area contributed by atoms with Crippen LogP contribution in [0.3, 0.4) is 0 Å². The summed E-state index contributed by atoms with van der Waals surface area (Å²) in [6.07, 6.45) is 8.82. The van der Waals surface area contributed by atoms with Gasteiger partial charge in [0.15, 0.2) is 0 Å². The predicted molar refractivity (Wildman–Crippen MR) is 183 cm³/mol. The Hall–Kier alpha value is -2.31. The topological polar surface area (TPSA) is 0 Å². The third kappa shape index (κ3) is 7.65. The van der Waals surface area contributed by atoms with E-state index in [9.17, 15) is 0 Å². The van der Waals surface area contributed by atoms with Crippen LogP contribution in [0.25, 0.3) is 16.7 Å². The van der Waals surface area contributed by atoms with Gasteiger partial charge in [0.25, 0.3) is 0 Å². The van der Waals surface area contributed by atoms with Crippen LogP contribution in [0.4, 0.5) is 0 Å². The molecule has 0 heterocycles. The normalized spacial score (nSPS) is 13.1. The zero-order chi connectivity index (χ0) is 31.1. The second-order valence-corrected chi connectivity index (χ2v) is 15.4. The van der Waals surface area contributed by atoms with E-state index in [1.54, 1.807) is 0 Å². The molecule has 0 amide bonds. The second kappa shape index (κ2) is 14.6. The van der Waals surface area contributed by atoms with Crippen molar-refractivity contribution in [3.05, 3.63) is 147 Å². The molecular weight excluding hydrogens is 667 g/mol. The number of rotatable bonds is 3. The van der Waals surface area contributed by atoms with Crippen molar-refractivity contribution in [3.8, 4) is 11.1 Å². The van der Waals surface area contributed by atoms with Crippen molar-refractivity contribution < 1.29 is 49.0 Å². The van der Waals surface area contributed by atoms with Crippen LogP contribution in [0.2, 0.25) is 0 Å². The molecule has 4 aromatic rings. The SMILES string of the molecule is Cc1c(C(C)(C)C)cc2c(c1C)-c1c([c-]c(C(C)(C)C)c(C3=CC=CC3)c1C)C2.[Cl-].[Cl-].[Zr+2]=[C](c1ccccc1)c1ccccc1. The molecule has 0 N–H and O–H groups in total. The van der Waals surface area contributed by atoms with Crippen LogP contribution in [0.1, 0.15) is 104 Å². The summed E-state index contributed by atoms with van der Waals surface area (Å²) in [6, 6.07) is 27.5. The number of hydrogen-bond donors (Lipinski definition) is 0. The fraction of sp³-hybridized carbons (Fsp3) is 0.310. The molecule has 0 fully saturated rings. The molecule has 0 atom stereocenters. The summed E-state index contributed by atoms with van der Waals surface area (Å²) >= 11 is 1.46. The van der Waals surface area contributed by atoms with E-state index >= 15 is 0 Å². The number of benzene rings is 4. The van der Waals surface area contributed by atoms with Gasteiger partial charge in [-0.25, -0.2) is 0 Å². The molecule has 2 aliphatic rings. The summed E-state index contributed by atoms with van der Waals surface area (Å²) in [4.78, 5) is 0. The van der Waals surface area contributed by atoms with E-state index < -0.39 is 0 Å². The molecule has 0 unspecified atom stereocenters. The number of allylic oxidation sites excluding steroid dienone is 4. The second-order valence-electron chi connectivity index (χ2n) is 14.2. The number of hydrogen-bond acceptors (Lipinski definition) is 0. The number of fused-ring (bicyclic) bond motifs is 3. The van der Waals surface area contributed by atoms with E-state index in [0.717, 1.165) is 12.8 Å². The molecule has 2 aliphatic carbocycles. The minimum absolute atomic E-state index is 0. The van der Waals surface area contributed by atoms with E-state index in [4.69, 9.17) is 0 Å². The zero-order valence-electron chi connectivity index (χ0n) is 28.3. The maximum absolute atomic E-state index is 3.93. The molecule has 0 aliphatic heterocycles.